The molecule has 0 aliphatic heterocycles. The summed E-state index contributed by atoms with van der Waals surface area (Å²) >= 11 is 3.16. The van der Waals surface area contributed by atoms with Gasteiger partial charge < -0.3 is 5.11 Å². The van der Waals surface area contributed by atoms with Gasteiger partial charge in [-0.2, -0.15) is 0 Å². The number of nitrogens with zero attached hydrogens (tertiary/aromatic N) is 4. The molecule has 1 aromatic heterocycles. The van der Waals surface area contributed by atoms with Crippen molar-refractivity contribution in [1.29, 1.82) is 0 Å². The van der Waals surface area contributed by atoms with E-state index in [1.165, 1.54) is 19.1 Å². The van der Waals surface area contributed by atoms with Gasteiger partial charge in [0.2, 0.25) is 0 Å². The van der Waals surface area contributed by atoms with Crippen LogP contribution in [-0.4, -0.2) is 31.3 Å². The van der Waals surface area contributed by atoms with Crippen molar-refractivity contribution in [2.45, 2.75) is 25.8 Å². The van der Waals surface area contributed by atoms with Gasteiger partial charge in [0, 0.05) is 4.47 Å². The highest BCUT2D eigenvalue weighted by Gasteiger charge is 2.37. The van der Waals surface area contributed by atoms with E-state index in [1.807, 2.05) is 0 Å². The number of halogens is 2. The maximum absolute atomic E-state index is 14.0. The molecule has 1 atom stereocenters. The molecule has 6 nitrogen and oxygen atoms in total. The molecule has 0 spiro atoms. The van der Waals surface area contributed by atoms with Crippen LogP contribution in [0.3, 0.4) is 0 Å². The molecule has 0 aliphatic carbocycles. The number of hydrogen-bond acceptors (Lipinski definition) is 4. The van der Waals surface area contributed by atoms with Gasteiger partial charge >= 0.3 is 5.97 Å². The van der Waals surface area contributed by atoms with Crippen LogP contribution in [0.1, 0.15) is 20.3 Å². The molecule has 0 fully saturated rings. The molecule has 0 saturated heterocycles. The predicted molar refractivity (Wildman–Crippen MR) is 72.5 cm³/mol. The van der Waals surface area contributed by atoms with Crippen LogP contribution in [0.4, 0.5) is 4.39 Å². The van der Waals surface area contributed by atoms with Gasteiger partial charge in [0.1, 0.15) is 5.82 Å². The third kappa shape index (κ3) is 2.31. The number of carbonyl (C=O) groups is 1. The monoisotopic (exact) mass is 342 g/mol. The molecule has 106 valence electrons. The van der Waals surface area contributed by atoms with Gasteiger partial charge in [0.25, 0.3) is 0 Å². The topological polar surface area (TPSA) is 80.9 Å². The van der Waals surface area contributed by atoms with Crippen LogP contribution in [0.2, 0.25) is 0 Å². The minimum Gasteiger partial charge on any atom is -0.479 e. The molecule has 0 amide bonds. The lowest BCUT2D eigenvalue weighted by atomic mass is 9.99. The van der Waals surface area contributed by atoms with Gasteiger partial charge in [-0.3, -0.25) is 0 Å². The molecule has 1 N–H and O–H groups in total. The summed E-state index contributed by atoms with van der Waals surface area (Å²) < 4.78 is 15.7. The average molecular weight is 343 g/mol. The smallest absolute Gasteiger partial charge is 0.331 e. The summed E-state index contributed by atoms with van der Waals surface area (Å²) in [7, 11) is 0. The van der Waals surface area contributed by atoms with Gasteiger partial charge in [-0.25, -0.2) is 13.9 Å². The molecular formula is C12H12BrFN4O2. The summed E-state index contributed by atoms with van der Waals surface area (Å²) in [5, 5.41) is 20.3. The van der Waals surface area contributed by atoms with Gasteiger partial charge in [0.05, 0.1) is 5.56 Å². The van der Waals surface area contributed by atoms with E-state index >= 15 is 0 Å². The van der Waals surface area contributed by atoms with Crippen molar-refractivity contribution in [3.8, 4) is 11.4 Å². The van der Waals surface area contributed by atoms with E-state index < -0.39 is 17.3 Å². The standard InChI is InChI=1S/C12H12BrFN4O2/c1-3-12(2,11(19)20)18-10(15-16-17-18)8-5-4-7(13)6-9(8)14/h4-6H,3H2,1-2H3,(H,19,20). The molecule has 0 saturated carbocycles. The predicted octanol–water partition coefficient (Wildman–Crippen LogP) is 2.45. The summed E-state index contributed by atoms with van der Waals surface area (Å²) in [5.41, 5.74) is -1.18. The molecule has 20 heavy (non-hydrogen) atoms. The molecular weight excluding hydrogens is 331 g/mol. The Morgan fingerprint density at radius 3 is 2.80 bits per heavy atom. The SMILES string of the molecule is CCC(C)(C(=O)O)n1nnnc1-c1ccc(Br)cc1F. The second-order valence-electron chi connectivity index (χ2n) is 4.47. The minimum atomic E-state index is -1.33. The lowest BCUT2D eigenvalue weighted by Crippen LogP contribution is -2.39. The number of tetrazole rings is 1. The maximum atomic E-state index is 14.0. The number of carboxylic acid groups (broad SMARTS) is 1. The molecule has 8 heteroatoms. The van der Waals surface area contributed by atoms with Crippen LogP contribution < -0.4 is 0 Å². The van der Waals surface area contributed by atoms with Crippen LogP contribution in [0.15, 0.2) is 22.7 Å². The van der Waals surface area contributed by atoms with Crippen LogP contribution in [0.5, 0.6) is 0 Å². The fourth-order valence-electron chi connectivity index (χ4n) is 1.75. The molecule has 2 aromatic rings. The molecule has 1 unspecified atom stereocenters. The van der Waals surface area contributed by atoms with Crippen molar-refractivity contribution in [3.05, 3.63) is 28.5 Å². The Kier molecular flexibility index (Phi) is 3.85. The first-order valence-electron chi connectivity index (χ1n) is 5.88. The number of rotatable bonds is 4. The lowest BCUT2D eigenvalue weighted by molar-refractivity contribution is -0.147. The highest BCUT2D eigenvalue weighted by atomic mass is 79.9. The Hall–Kier alpha value is -1.83. The Labute approximate surface area is 122 Å². The second kappa shape index (κ2) is 5.28. The Balaban J connectivity index is 2.61. The zero-order chi connectivity index (χ0) is 14.9. The minimum absolute atomic E-state index is 0.0850. The first-order chi connectivity index (χ1) is 9.40. The van der Waals surface area contributed by atoms with E-state index in [0.717, 1.165) is 4.68 Å². The fourth-order valence-corrected chi connectivity index (χ4v) is 2.08. The first kappa shape index (κ1) is 14.6. The summed E-state index contributed by atoms with van der Waals surface area (Å²) in [4.78, 5) is 11.5. The zero-order valence-electron chi connectivity index (χ0n) is 10.8. The number of carboxylic acids is 1. The average Bonchev–Trinajstić information content (AvgIpc) is 2.87. The first-order valence-corrected chi connectivity index (χ1v) is 6.67. The van der Waals surface area contributed by atoms with Crippen molar-refractivity contribution < 1.29 is 14.3 Å². The zero-order valence-corrected chi connectivity index (χ0v) is 12.4. The van der Waals surface area contributed by atoms with E-state index in [1.54, 1.807) is 13.0 Å². The quantitative estimate of drug-likeness (QED) is 0.922. The second-order valence-corrected chi connectivity index (χ2v) is 5.39. The molecule has 1 aromatic carbocycles. The van der Waals surface area contributed by atoms with Crippen molar-refractivity contribution >= 4 is 21.9 Å². The van der Waals surface area contributed by atoms with Crippen LogP contribution >= 0.6 is 15.9 Å². The van der Waals surface area contributed by atoms with E-state index in [-0.39, 0.29) is 17.8 Å². The number of aliphatic carboxylic acids is 1. The Bertz CT molecular complexity index is 661. The maximum Gasteiger partial charge on any atom is 0.331 e. The highest BCUT2D eigenvalue weighted by Crippen LogP contribution is 2.28. The third-order valence-electron chi connectivity index (χ3n) is 3.26. The van der Waals surface area contributed by atoms with Crippen molar-refractivity contribution in [2.24, 2.45) is 0 Å². The Morgan fingerprint density at radius 1 is 1.55 bits per heavy atom. The van der Waals surface area contributed by atoms with Crippen molar-refractivity contribution in [1.82, 2.24) is 20.2 Å². The van der Waals surface area contributed by atoms with Crippen LogP contribution in [0, 0.1) is 5.82 Å². The van der Waals surface area contributed by atoms with Gasteiger partial charge in [-0.05, 0) is 42.0 Å². The summed E-state index contributed by atoms with van der Waals surface area (Å²) in [6.07, 6.45) is 0.262. The Morgan fingerprint density at radius 2 is 2.25 bits per heavy atom. The van der Waals surface area contributed by atoms with Crippen LogP contribution in [-0.2, 0) is 10.3 Å². The van der Waals surface area contributed by atoms with E-state index in [4.69, 9.17) is 0 Å². The van der Waals surface area contributed by atoms with Gasteiger partial charge in [0.15, 0.2) is 11.4 Å². The molecule has 0 radical (unpaired) electrons. The molecule has 1 heterocycles. The van der Waals surface area contributed by atoms with Gasteiger partial charge in [-0.1, -0.05) is 22.9 Å². The third-order valence-corrected chi connectivity index (χ3v) is 3.75. The summed E-state index contributed by atoms with van der Waals surface area (Å²) in [5.74, 6) is -1.52. The molecule has 0 aliphatic rings. The molecule has 0 bridgehead atoms. The summed E-state index contributed by atoms with van der Waals surface area (Å²) in [6.45, 7) is 3.20. The number of benzene rings is 1. The normalized spacial score (nSPS) is 14.0. The van der Waals surface area contributed by atoms with E-state index in [2.05, 4.69) is 31.5 Å². The van der Waals surface area contributed by atoms with Crippen molar-refractivity contribution in [3.63, 3.8) is 0 Å². The lowest BCUT2D eigenvalue weighted by Gasteiger charge is -2.24. The largest absolute Gasteiger partial charge is 0.479 e. The van der Waals surface area contributed by atoms with E-state index in [0.29, 0.717) is 4.47 Å². The molecule has 2 rings (SSSR count). The van der Waals surface area contributed by atoms with Gasteiger partial charge in [-0.15, -0.1) is 5.10 Å². The highest BCUT2D eigenvalue weighted by molar-refractivity contribution is 9.10. The fraction of sp³-hybridized carbons (Fsp3) is 0.333. The number of aromatic nitrogens is 4. The van der Waals surface area contributed by atoms with E-state index in [9.17, 15) is 14.3 Å². The van der Waals surface area contributed by atoms with Crippen LogP contribution in [0.25, 0.3) is 11.4 Å². The number of hydrogen-bond donors (Lipinski definition) is 1. The summed E-state index contributed by atoms with van der Waals surface area (Å²) in [6, 6.07) is 4.42. The van der Waals surface area contributed by atoms with Crippen molar-refractivity contribution in [2.75, 3.05) is 0 Å².